The van der Waals surface area contributed by atoms with Gasteiger partial charge in [0.15, 0.2) is 0 Å². The predicted molar refractivity (Wildman–Crippen MR) is 127 cm³/mol. The van der Waals surface area contributed by atoms with E-state index in [1.807, 2.05) is 32.2 Å². The lowest BCUT2D eigenvalue weighted by Crippen LogP contribution is -2.18. The lowest BCUT2D eigenvalue weighted by Gasteiger charge is -2.17. The number of para-hydroxylation sites is 2. The molecule has 4 bridgehead atoms. The molecule has 1 fully saturated rings. The minimum atomic E-state index is -0.200. The van der Waals surface area contributed by atoms with Crippen LogP contribution in [0.25, 0.3) is 22.3 Å². The monoisotopic (exact) mass is 444 g/mol. The summed E-state index contributed by atoms with van der Waals surface area (Å²) < 4.78 is 10.2. The molecule has 8 heteroatoms. The number of amides is 1. The van der Waals surface area contributed by atoms with E-state index < -0.39 is 0 Å². The number of anilines is 1. The van der Waals surface area contributed by atoms with Crippen LogP contribution in [0.15, 0.2) is 42.6 Å². The van der Waals surface area contributed by atoms with Gasteiger partial charge in [-0.25, -0.2) is 9.67 Å². The third-order valence-corrected chi connectivity index (χ3v) is 6.84. The number of ether oxygens (including phenoxy) is 1. The summed E-state index contributed by atoms with van der Waals surface area (Å²) in [4.78, 5) is 22.8. The van der Waals surface area contributed by atoms with E-state index in [4.69, 9.17) is 9.72 Å². The summed E-state index contributed by atoms with van der Waals surface area (Å²) in [5, 5.41) is 7.48. The van der Waals surface area contributed by atoms with Crippen LogP contribution in [0.4, 0.5) is 5.95 Å². The van der Waals surface area contributed by atoms with Crippen molar-refractivity contribution in [2.75, 3.05) is 11.9 Å². The fourth-order valence-electron chi connectivity index (χ4n) is 5.25. The molecule has 0 spiro atoms. The normalized spacial score (nSPS) is 20.4. The molecule has 4 heterocycles. The highest BCUT2D eigenvalue weighted by molar-refractivity contribution is 6.04. The minimum Gasteiger partial charge on any atom is -0.477 e. The quantitative estimate of drug-likeness (QED) is 0.422. The van der Waals surface area contributed by atoms with E-state index >= 15 is 0 Å². The number of imidazole rings is 1. The third-order valence-electron chi connectivity index (χ3n) is 6.84. The molecule has 0 saturated heterocycles. The van der Waals surface area contributed by atoms with Gasteiger partial charge >= 0.3 is 0 Å². The molecule has 2 aliphatic rings. The zero-order valence-electron chi connectivity index (χ0n) is 18.8. The summed E-state index contributed by atoms with van der Waals surface area (Å²) in [7, 11) is 1.87. The summed E-state index contributed by atoms with van der Waals surface area (Å²) >= 11 is 0. The Labute approximate surface area is 193 Å². The van der Waals surface area contributed by atoms with E-state index in [1.165, 1.54) is 0 Å². The second-order valence-corrected chi connectivity index (χ2v) is 9.09. The molecular formula is C25H28N6O2. The Morgan fingerprint density at radius 1 is 1.15 bits per heavy atom. The topological polar surface area (TPSA) is 86.9 Å². The van der Waals surface area contributed by atoms with Crippen molar-refractivity contribution in [1.29, 1.82) is 0 Å². The van der Waals surface area contributed by atoms with Crippen molar-refractivity contribution in [3.8, 4) is 17.1 Å². The molecule has 1 aliphatic carbocycles. The van der Waals surface area contributed by atoms with Gasteiger partial charge in [-0.15, -0.1) is 0 Å². The lowest BCUT2D eigenvalue weighted by molar-refractivity contribution is 0.102. The van der Waals surface area contributed by atoms with Crippen LogP contribution >= 0.6 is 0 Å². The molecule has 33 heavy (non-hydrogen) atoms. The van der Waals surface area contributed by atoms with Gasteiger partial charge < -0.3 is 9.30 Å². The first-order valence-corrected chi connectivity index (χ1v) is 11.5. The molecule has 1 N–H and O–H groups in total. The molecule has 1 amide bonds. The van der Waals surface area contributed by atoms with Gasteiger partial charge in [0, 0.05) is 25.8 Å². The number of nitrogens with zero attached hydrogens (tertiary/aromatic N) is 5. The van der Waals surface area contributed by atoms with E-state index in [-0.39, 0.29) is 7.33 Å². The molecule has 1 aromatic carbocycles. The zero-order valence-corrected chi connectivity index (χ0v) is 18.8. The van der Waals surface area contributed by atoms with Gasteiger partial charge in [-0.05, 0) is 62.8 Å². The highest BCUT2D eigenvalue weighted by Gasteiger charge is 2.30. The fourth-order valence-corrected chi connectivity index (χ4v) is 5.25. The summed E-state index contributed by atoms with van der Waals surface area (Å²) in [5.74, 6) is 1.65. The maximum absolute atomic E-state index is 13.4. The van der Waals surface area contributed by atoms with Gasteiger partial charge in [0.05, 0.1) is 35.1 Å². The van der Waals surface area contributed by atoms with E-state index in [9.17, 15) is 4.79 Å². The number of rotatable bonds is 0. The molecule has 2 atom stereocenters. The standard InChI is InChI=1S/C25H26N6O2.H2/c1-15-11-17-13-21(27-15)19-14-26-30(2)24(19)33-10-9-16-7-8-18(12-16)31-22-6-4-3-5-20(22)28-25(31)29-23(17)32;/h3-6,11,13-14,16,18H,7-10,12H2,1-2H3,(H,28,29,32);1H/t16-,18-;/m0./s1. The summed E-state index contributed by atoms with van der Waals surface area (Å²) in [6.45, 7) is 2.51. The predicted octanol–water partition coefficient (Wildman–Crippen LogP) is 4.76. The number of hydrogen-bond acceptors (Lipinski definition) is 5. The number of carbonyl (C=O) groups is 1. The first-order chi connectivity index (χ1) is 16.1. The highest BCUT2D eigenvalue weighted by Crippen LogP contribution is 2.40. The minimum absolute atomic E-state index is 0. The van der Waals surface area contributed by atoms with E-state index in [1.54, 1.807) is 23.0 Å². The van der Waals surface area contributed by atoms with Crippen molar-refractivity contribution >= 4 is 22.9 Å². The molecule has 3 aromatic heterocycles. The number of aryl methyl sites for hydroxylation is 2. The summed E-state index contributed by atoms with van der Waals surface area (Å²) in [5.41, 5.74) is 4.71. The van der Waals surface area contributed by atoms with Gasteiger partial charge in [-0.3, -0.25) is 15.1 Å². The Bertz CT molecular complexity index is 1380. The Morgan fingerprint density at radius 2 is 2.03 bits per heavy atom. The molecule has 1 saturated carbocycles. The third kappa shape index (κ3) is 3.46. The maximum Gasteiger partial charge on any atom is 0.258 e. The van der Waals surface area contributed by atoms with Gasteiger partial charge in [-0.2, -0.15) is 5.10 Å². The van der Waals surface area contributed by atoms with Crippen LogP contribution in [0.5, 0.6) is 5.88 Å². The number of fused-ring (bicyclic) bond motifs is 10. The second-order valence-electron chi connectivity index (χ2n) is 9.09. The van der Waals surface area contributed by atoms with Crippen LogP contribution in [-0.2, 0) is 7.05 Å². The van der Waals surface area contributed by atoms with Crippen molar-refractivity contribution in [3.05, 3.63) is 53.9 Å². The molecule has 0 unspecified atom stereocenters. The SMILES string of the molecule is Cc1cc2cc(n1)-c1cnn(C)c1OCC[C@@H]1CC[C@@H](C1)n1c(nc3ccccc31)NC2=O.[HH]. The Balaban J connectivity index is 0.00000241. The molecule has 6 rings (SSSR count). The molecular weight excluding hydrogens is 416 g/mol. The number of aromatic nitrogens is 5. The largest absolute Gasteiger partial charge is 0.477 e. The number of pyridine rings is 1. The molecule has 1 aliphatic heterocycles. The summed E-state index contributed by atoms with van der Waals surface area (Å²) in [6.07, 6.45) is 5.96. The molecule has 4 aromatic rings. The van der Waals surface area contributed by atoms with Crippen molar-refractivity contribution in [3.63, 3.8) is 0 Å². The van der Waals surface area contributed by atoms with Crippen molar-refractivity contribution in [2.45, 2.75) is 38.6 Å². The smallest absolute Gasteiger partial charge is 0.258 e. The van der Waals surface area contributed by atoms with Crippen LogP contribution in [0, 0.1) is 12.8 Å². The molecule has 0 radical (unpaired) electrons. The first-order valence-electron chi connectivity index (χ1n) is 11.5. The highest BCUT2D eigenvalue weighted by atomic mass is 16.5. The number of nitrogens with one attached hydrogen (secondary N) is 1. The first kappa shape index (κ1) is 20.0. The van der Waals surface area contributed by atoms with Crippen LogP contribution in [0.1, 0.15) is 49.2 Å². The van der Waals surface area contributed by atoms with Gasteiger partial charge in [0.1, 0.15) is 0 Å². The number of benzene rings is 1. The average molecular weight is 445 g/mol. The van der Waals surface area contributed by atoms with Crippen LogP contribution in [0.3, 0.4) is 0 Å². The Kier molecular flexibility index (Phi) is 4.67. The Hall–Kier alpha value is -3.68. The second kappa shape index (κ2) is 7.72. The Morgan fingerprint density at radius 3 is 2.94 bits per heavy atom. The summed E-state index contributed by atoms with van der Waals surface area (Å²) in [6, 6.07) is 12.0. The number of carbonyl (C=O) groups excluding carboxylic acids is 1. The van der Waals surface area contributed by atoms with E-state index in [0.29, 0.717) is 41.7 Å². The zero-order chi connectivity index (χ0) is 22.5. The number of hydrogen-bond donors (Lipinski definition) is 1. The van der Waals surface area contributed by atoms with Crippen molar-refractivity contribution in [1.82, 2.24) is 24.3 Å². The van der Waals surface area contributed by atoms with Crippen LogP contribution in [-0.4, -0.2) is 36.8 Å². The van der Waals surface area contributed by atoms with E-state index in [2.05, 4.69) is 26.0 Å². The molecule has 8 nitrogen and oxygen atoms in total. The van der Waals surface area contributed by atoms with Crippen LogP contribution < -0.4 is 10.1 Å². The van der Waals surface area contributed by atoms with Gasteiger partial charge in [-0.1, -0.05) is 12.1 Å². The van der Waals surface area contributed by atoms with E-state index in [0.717, 1.165) is 48.0 Å². The lowest BCUT2D eigenvalue weighted by atomic mass is 10.0. The van der Waals surface area contributed by atoms with Crippen LogP contribution in [0.2, 0.25) is 0 Å². The fraction of sp³-hybridized carbons (Fsp3) is 0.360. The van der Waals surface area contributed by atoms with Gasteiger partial charge in [0.2, 0.25) is 11.8 Å². The van der Waals surface area contributed by atoms with Crippen molar-refractivity contribution in [2.24, 2.45) is 13.0 Å². The molecule has 170 valence electrons. The average Bonchev–Trinajstić information content (AvgIpc) is 3.50. The van der Waals surface area contributed by atoms with Gasteiger partial charge in [0.25, 0.3) is 5.91 Å². The van der Waals surface area contributed by atoms with Crippen molar-refractivity contribution < 1.29 is 11.0 Å². The maximum atomic E-state index is 13.4.